The number of hydrogen-bond donors (Lipinski definition) is 1. The van der Waals surface area contributed by atoms with Crippen molar-refractivity contribution < 1.29 is 22.7 Å². The van der Waals surface area contributed by atoms with E-state index in [1.165, 1.54) is 12.1 Å². The van der Waals surface area contributed by atoms with E-state index in [2.05, 4.69) is 11.9 Å². The zero-order valence-corrected chi connectivity index (χ0v) is 20.0. The van der Waals surface area contributed by atoms with Crippen LogP contribution in [0, 0.1) is 11.3 Å². The quantitative estimate of drug-likeness (QED) is 0.191. The zero-order valence-electron chi connectivity index (χ0n) is 20.0. The average molecular weight is 471 g/mol. The van der Waals surface area contributed by atoms with Crippen LogP contribution in [0.15, 0.2) is 60.7 Å². The first-order chi connectivity index (χ1) is 15.6. The van der Waals surface area contributed by atoms with Crippen molar-refractivity contribution in [3.8, 4) is 6.07 Å². The SMILES string of the molecule is C=C(C)C(=O)OC(C)(C)CC(C)(C)Nc1ccc(/C=C(\C#N)c2ccc(C(F)(F)F)cc2)cc1. The van der Waals surface area contributed by atoms with Crippen LogP contribution in [-0.2, 0) is 15.7 Å². The van der Waals surface area contributed by atoms with E-state index in [9.17, 15) is 23.2 Å². The molecule has 0 unspecified atom stereocenters. The minimum absolute atomic E-state index is 0.260. The molecule has 1 N–H and O–H groups in total. The normalized spacial score (nSPS) is 12.6. The Balaban J connectivity index is 2.13. The van der Waals surface area contributed by atoms with Crippen molar-refractivity contribution in [1.29, 1.82) is 5.26 Å². The number of carbonyl (C=O) groups excluding carboxylic acids is 1. The van der Waals surface area contributed by atoms with Gasteiger partial charge in [0.2, 0.25) is 0 Å². The van der Waals surface area contributed by atoms with Crippen LogP contribution in [0.4, 0.5) is 18.9 Å². The van der Waals surface area contributed by atoms with Gasteiger partial charge < -0.3 is 10.1 Å². The minimum Gasteiger partial charge on any atom is -0.456 e. The predicted molar refractivity (Wildman–Crippen MR) is 129 cm³/mol. The fraction of sp³-hybridized carbons (Fsp3) is 0.333. The maximum absolute atomic E-state index is 12.8. The summed E-state index contributed by atoms with van der Waals surface area (Å²) in [7, 11) is 0. The summed E-state index contributed by atoms with van der Waals surface area (Å²) in [5, 5.41) is 12.9. The molecule has 0 saturated heterocycles. The molecule has 0 amide bonds. The largest absolute Gasteiger partial charge is 0.456 e. The van der Waals surface area contributed by atoms with E-state index in [1.54, 1.807) is 13.0 Å². The summed E-state index contributed by atoms with van der Waals surface area (Å²) in [5.41, 5.74) is 0.695. The van der Waals surface area contributed by atoms with E-state index in [1.807, 2.05) is 58.0 Å². The third kappa shape index (κ3) is 7.80. The van der Waals surface area contributed by atoms with Crippen LogP contribution in [0.2, 0.25) is 0 Å². The molecular weight excluding hydrogens is 441 g/mol. The van der Waals surface area contributed by atoms with Crippen molar-refractivity contribution in [2.45, 2.75) is 58.4 Å². The second-order valence-electron chi connectivity index (χ2n) is 9.48. The molecule has 34 heavy (non-hydrogen) atoms. The first-order valence-corrected chi connectivity index (χ1v) is 10.7. The van der Waals surface area contributed by atoms with Gasteiger partial charge in [-0.05, 0) is 76.1 Å². The van der Waals surface area contributed by atoms with Crippen molar-refractivity contribution >= 4 is 23.3 Å². The van der Waals surface area contributed by atoms with Crippen molar-refractivity contribution in [2.75, 3.05) is 5.32 Å². The molecule has 0 bridgehead atoms. The molecule has 180 valence electrons. The van der Waals surface area contributed by atoms with Crippen molar-refractivity contribution in [1.82, 2.24) is 0 Å². The summed E-state index contributed by atoms with van der Waals surface area (Å²) in [6.45, 7) is 12.9. The molecule has 0 aliphatic rings. The van der Waals surface area contributed by atoms with E-state index in [4.69, 9.17) is 4.74 Å². The number of benzene rings is 2. The summed E-state index contributed by atoms with van der Waals surface area (Å²) >= 11 is 0. The molecule has 0 spiro atoms. The highest BCUT2D eigenvalue weighted by Gasteiger charge is 2.32. The second kappa shape index (κ2) is 10.2. The van der Waals surface area contributed by atoms with Gasteiger partial charge >= 0.3 is 12.1 Å². The number of esters is 1. The van der Waals surface area contributed by atoms with E-state index < -0.39 is 28.8 Å². The van der Waals surface area contributed by atoms with Gasteiger partial charge in [0, 0.05) is 23.2 Å². The summed E-state index contributed by atoms with van der Waals surface area (Å²) in [6.07, 6.45) is -2.27. The number of nitrogens with one attached hydrogen (secondary N) is 1. The van der Waals surface area contributed by atoms with Crippen molar-refractivity contribution in [2.24, 2.45) is 0 Å². The third-order valence-corrected chi connectivity index (χ3v) is 4.93. The van der Waals surface area contributed by atoms with Crippen LogP contribution in [0.3, 0.4) is 0 Å². The van der Waals surface area contributed by atoms with Crippen LogP contribution < -0.4 is 5.32 Å². The molecule has 2 aromatic rings. The van der Waals surface area contributed by atoms with Gasteiger partial charge in [-0.15, -0.1) is 0 Å². The van der Waals surface area contributed by atoms with Gasteiger partial charge in [0.25, 0.3) is 0 Å². The van der Waals surface area contributed by atoms with Crippen LogP contribution in [-0.4, -0.2) is 17.1 Å². The lowest BCUT2D eigenvalue weighted by molar-refractivity contribution is -0.152. The lowest BCUT2D eigenvalue weighted by Gasteiger charge is -2.36. The second-order valence-corrected chi connectivity index (χ2v) is 9.48. The predicted octanol–water partition coefficient (Wildman–Crippen LogP) is 7.25. The van der Waals surface area contributed by atoms with Crippen LogP contribution >= 0.6 is 0 Å². The maximum Gasteiger partial charge on any atom is 0.416 e. The van der Waals surface area contributed by atoms with Crippen LogP contribution in [0.25, 0.3) is 11.6 Å². The Morgan fingerprint density at radius 2 is 1.62 bits per heavy atom. The molecular formula is C27H29F3N2O2. The number of hydrogen-bond acceptors (Lipinski definition) is 4. The van der Waals surface area contributed by atoms with Gasteiger partial charge in [-0.3, -0.25) is 0 Å². The number of allylic oxidation sites excluding steroid dienone is 1. The summed E-state index contributed by atoms with van der Waals surface area (Å²) in [6, 6.07) is 13.9. The number of nitriles is 1. The molecule has 0 atom stereocenters. The van der Waals surface area contributed by atoms with E-state index in [0.29, 0.717) is 17.6 Å². The van der Waals surface area contributed by atoms with Gasteiger partial charge in [-0.2, -0.15) is 18.4 Å². The Morgan fingerprint density at radius 3 is 2.09 bits per heavy atom. The topological polar surface area (TPSA) is 62.1 Å². The number of rotatable bonds is 8. The van der Waals surface area contributed by atoms with Crippen molar-refractivity contribution in [3.63, 3.8) is 0 Å². The zero-order chi connectivity index (χ0) is 25.7. The van der Waals surface area contributed by atoms with E-state index in [-0.39, 0.29) is 5.57 Å². The smallest absolute Gasteiger partial charge is 0.416 e. The lowest BCUT2D eigenvalue weighted by Crippen LogP contribution is -2.41. The Kier molecular flexibility index (Phi) is 7.99. The molecule has 0 aromatic heterocycles. The number of carbonyl (C=O) groups is 1. The Hall–Kier alpha value is -3.53. The first-order valence-electron chi connectivity index (χ1n) is 10.7. The molecule has 0 aliphatic heterocycles. The molecule has 0 saturated carbocycles. The standard InChI is InChI=1S/C27H29F3N2O2/c1-18(2)24(33)34-26(5,6)17-25(3,4)32-23-13-7-19(8-14-23)15-21(16-31)20-9-11-22(12-10-20)27(28,29)30/h7-15,32H,1,17H2,2-6H3/b21-15+. The van der Waals surface area contributed by atoms with Crippen molar-refractivity contribution in [3.05, 3.63) is 77.4 Å². The van der Waals surface area contributed by atoms with Gasteiger partial charge in [0.15, 0.2) is 0 Å². The molecule has 4 nitrogen and oxygen atoms in total. The van der Waals surface area contributed by atoms with Gasteiger partial charge in [-0.1, -0.05) is 30.8 Å². The molecule has 7 heteroatoms. The summed E-state index contributed by atoms with van der Waals surface area (Å²) in [5.74, 6) is -0.432. The fourth-order valence-electron chi connectivity index (χ4n) is 3.72. The van der Waals surface area contributed by atoms with E-state index >= 15 is 0 Å². The number of alkyl halides is 3. The fourth-order valence-corrected chi connectivity index (χ4v) is 3.72. The van der Waals surface area contributed by atoms with Gasteiger partial charge in [0.05, 0.1) is 17.2 Å². The molecule has 0 radical (unpaired) electrons. The number of anilines is 1. The highest BCUT2D eigenvalue weighted by Crippen LogP contribution is 2.31. The number of halogens is 3. The Bertz CT molecular complexity index is 1100. The highest BCUT2D eigenvalue weighted by atomic mass is 19.4. The maximum atomic E-state index is 12.8. The molecule has 0 heterocycles. The first kappa shape index (κ1) is 26.7. The monoisotopic (exact) mass is 470 g/mol. The third-order valence-electron chi connectivity index (χ3n) is 4.93. The van der Waals surface area contributed by atoms with E-state index in [0.717, 1.165) is 23.4 Å². The molecule has 2 aromatic carbocycles. The Morgan fingerprint density at radius 1 is 1.06 bits per heavy atom. The summed E-state index contributed by atoms with van der Waals surface area (Å²) < 4.78 is 43.9. The lowest BCUT2D eigenvalue weighted by atomic mass is 9.89. The number of ether oxygens (including phenoxy) is 1. The van der Waals surface area contributed by atoms with Gasteiger partial charge in [0.1, 0.15) is 5.60 Å². The number of nitrogens with zero attached hydrogens (tertiary/aromatic N) is 1. The molecule has 0 fully saturated rings. The summed E-state index contributed by atoms with van der Waals surface area (Å²) in [4.78, 5) is 11.9. The average Bonchev–Trinajstić information content (AvgIpc) is 2.71. The molecule has 0 aliphatic carbocycles. The minimum atomic E-state index is -4.42. The highest BCUT2D eigenvalue weighted by molar-refractivity contribution is 5.89. The van der Waals surface area contributed by atoms with Crippen LogP contribution in [0.5, 0.6) is 0 Å². The molecule has 2 rings (SSSR count). The van der Waals surface area contributed by atoms with Crippen LogP contribution in [0.1, 0.15) is 57.7 Å². The van der Waals surface area contributed by atoms with Gasteiger partial charge in [-0.25, -0.2) is 4.79 Å². The Labute approximate surface area is 198 Å².